The predicted octanol–water partition coefficient (Wildman–Crippen LogP) is 5.14. The van der Waals surface area contributed by atoms with Crippen molar-refractivity contribution in [3.63, 3.8) is 0 Å². The zero-order chi connectivity index (χ0) is 19.0. The van der Waals surface area contributed by atoms with Crippen LogP contribution in [0.4, 0.5) is 8.78 Å². The summed E-state index contributed by atoms with van der Waals surface area (Å²) in [6.45, 7) is 0. The van der Waals surface area contributed by atoms with Gasteiger partial charge in [0.05, 0.1) is 5.56 Å². The Morgan fingerprint density at radius 1 is 0.778 bits per heavy atom. The second-order valence-corrected chi connectivity index (χ2v) is 9.38. The van der Waals surface area contributed by atoms with Gasteiger partial charge in [0, 0.05) is 4.88 Å². The predicted molar refractivity (Wildman–Crippen MR) is 112 cm³/mol. The van der Waals surface area contributed by atoms with Crippen LogP contribution < -0.4 is 10.2 Å². The fourth-order valence-corrected chi connectivity index (χ4v) is 6.03. The van der Waals surface area contributed by atoms with Gasteiger partial charge in [-0.15, -0.1) is 0 Å². The molecule has 0 spiro atoms. The van der Waals surface area contributed by atoms with E-state index in [2.05, 4.69) is 0 Å². The summed E-state index contributed by atoms with van der Waals surface area (Å²) in [7, 11) is 11.5. The largest absolute Gasteiger partial charge is 0.206 e. The Kier molecular flexibility index (Phi) is 5.78. The fraction of sp³-hybridized carbons (Fsp3) is 0.545. The Balaban J connectivity index is 1.48. The van der Waals surface area contributed by atoms with Gasteiger partial charge in [-0.3, -0.25) is 0 Å². The highest BCUT2D eigenvalue weighted by molar-refractivity contribution is 7.24. The lowest BCUT2D eigenvalue weighted by molar-refractivity contribution is 0.186. The van der Waals surface area contributed by atoms with E-state index in [1.165, 1.54) is 57.1 Å². The summed E-state index contributed by atoms with van der Waals surface area (Å²) in [6, 6.07) is 4.60. The topological polar surface area (TPSA) is 0 Å². The molecule has 1 aromatic carbocycles. The summed E-state index contributed by atoms with van der Waals surface area (Å²) in [5.74, 6) is 0.931. The first-order chi connectivity index (χ1) is 13.0. The van der Waals surface area contributed by atoms with Gasteiger partial charge in [0.1, 0.15) is 27.3 Å². The minimum absolute atomic E-state index is 0.0111. The Bertz CT molecular complexity index is 760. The maximum Gasteiger partial charge on any atom is 0.135 e. The van der Waals surface area contributed by atoms with Gasteiger partial charge < -0.3 is 0 Å². The van der Waals surface area contributed by atoms with E-state index in [0.29, 0.717) is 15.1 Å². The van der Waals surface area contributed by atoms with Crippen LogP contribution in [0.15, 0.2) is 18.2 Å². The monoisotopic (exact) mass is 380 g/mol. The number of rotatable bonds is 3. The van der Waals surface area contributed by atoms with Gasteiger partial charge in [0.15, 0.2) is 0 Å². The summed E-state index contributed by atoms with van der Waals surface area (Å²) in [5, 5.41) is 0. The number of halogens is 2. The lowest BCUT2D eigenvalue weighted by Crippen LogP contribution is -2.23. The first-order valence-electron chi connectivity index (χ1n) is 10.2. The van der Waals surface area contributed by atoms with Gasteiger partial charge in [-0.25, -0.2) is 8.78 Å². The highest BCUT2D eigenvalue weighted by Crippen LogP contribution is 2.43. The molecule has 4 rings (SSSR count). The van der Waals surface area contributed by atoms with Gasteiger partial charge in [-0.1, -0.05) is 48.4 Å². The molecule has 2 aromatic rings. The van der Waals surface area contributed by atoms with Gasteiger partial charge >= 0.3 is 0 Å². The molecule has 0 unspecified atom stereocenters. The molecule has 0 N–H and O–H groups in total. The molecule has 0 saturated heterocycles. The van der Waals surface area contributed by atoms with Crippen LogP contribution in [0.2, 0.25) is 0 Å². The molecule has 0 aliphatic heterocycles. The van der Waals surface area contributed by atoms with E-state index in [9.17, 15) is 8.78 Å². The van der Waals surface area contributed by atoms with Crippen LogP contribution in [0.3, 0.4) is 0 Å². The number of thiophene rings is 1. The molecule has 1 heterocycles. The molecular weight excluding hydrogens is 356 g/mol. The molecule has 5 heteroatoms. The van der Waals surface area contributed by atoms with Crippen molar-refractivity contribution >= 4 is 37.3 Å². The SMILES string of the molecule is [B]c1cc(-c2c(F)cc(C3CCC(C4CCCCC4)CC3)cc2F)sc1[B]. The first-order valence-corrected chi connectivity index (χ1v) is 11.0. The summed E-state index contributed by atoms with van der Waals surface area (Å²) in [5.41, 5.74) is 1.16. The number of benzene rings is 1. The fourth-order valence-electron chi connectivity index (χ4n) is 5.14. The quantitative estimate of drug-likeness (QED) is 0.648. The van der Waals surface area contributed by atoms with E-state index in [0.717, 1.165) is 41.6 Å². The average molecular weight is 380 g/mol. The highest BCUT2D eigenvalue weighted by Gasteiger charge is 2.30. The molecule has 138 valence electrons. The van der Waals surface area contributed by atoms with Crippen LogP contribution in [-0.4, -0.2) is 15.7 Å². The zero-order valence-electron chi connectivity index (χ0n) is 15.6. The van der Waals surface area contributed by atoms with Crippen LogP contribution >= 0.6 is 11.3 Å². The van der Waals surface area contributed by atoms with Crippen molar-refractivity contribution in [2.75, 3.05) is 0 Å². The van der Waals surface area contributed by atoms with Crippen LogP contribution in [0.25, 0.3) is 10.4 Å². The zero-order valence-corrected chi connectivity index (χ0v) is 16.5. The Morgan fingerprint density at radius 3 is 1.93 bits per heavy atom. The van der Waals surface area contributed by atoms with E-state index >= 15 is 0 Å². The van der Waals surface area contributed by atoms with Crippen molar-refractivity contribution in [3.8, 4) is 10.4 Å². The molecule has 2 aliphatic carbocycles. The molecule has 2 aliphatic rings. The van der Waals surface area contributed by atoms with E-state index in [4.69, 9.17) is 15.7 Å². The maximum atomic E-state index is 14.7. The van der Waals surface area contributed by atoms with Crippen LogP contribution in [-0.2, 0) is 0 Å². The molecule has 2 saturated carbocycles. The van der Waals surface area contributed by atoms with Crippen molar-refractivity contribution in [3.05, 3.63) is 35.4 Å². The Hall–Kier alpha value is -1.09. The van der Waals surface area contributed by atoms with Crippen molar-refractivity contribution in [1.29, 1.82) is 0 Å². The number of hydrogen-bond donors (Lipinski definition) is 0. The molecule has 0 nitrogen and oxygen atoms in total. The molecule has 0 amide bonds. The Morgan fingerprint density at radius 2 is 1.37 bits per heavy atom. The normalized spacial score (nSPS) is 24.2. The van der Waals surface area contributed by atoms with Crippen LogP contribution in [0.1, 0.15) is 69.3 Å². The third kappa shape index (κ3) is 4.04. The highest BCUT2D eigenvalue weighted by atomic mass is 32.1. The maximum absolute atomic E-state index is 14.7. The average Bonchev–Trinajstić information content (AvgIpc) is 3.00. The summed E-state index contributed by atoms with van der Waals surface area (Å²) < 4.78 is 29.9. The third-order valence-corrected chi connectivity index (χ3v) is 7.66. The molecule has 4 radical (unpaired) electrons. The third-order valence-electron chi connectivity index (χ3n) is 6.66. The van der Waals surface area contributed by atoms with Crippen molar-refractivity contribution in [2.45, 2.75) is 63.7 Å². The summed E-state index contributed by atoms with van der Waals surface area (Å²) in [4.78, 5) is 0.451. The first kappa shape index (κ1) is 19.2. The summed E-state index contributed by atoms with van der Waals surface area (Å²) in [6.07, 6.45) is 11.4. The van der Waals surface area contributed by atoms with Gasteiger partial charge in [0.25, 0.3) is 0 Å². The lowest BCUT2D eigenvalue weighted by atomic mass is 9.70. The Labute approximate surface area is 167 Å². The van der Waals surface area contributed by atoms with Crippen molar-refractivity contribution in [2.24, 2.45) is 11.8 Å². The minimum Gasteiger partial charge on any atom is -0.206 e. The van der Waals surface area contributed by atoms with E-state index < -0.39 is 11.6 Å². The van der Waals surface area contributed by atoms with Crippen LogP contribution in [0.5, 0.6) is 0 Å². The minimum atomic E-state index is -0.513. The standard InChI is InChI=1S/C22H24B2F2S/c23-17-12-20(27-22(17)24)21-18(25)10-16(11-19(21)26)15-8-6-14(7-9-15)13-4-2-1-3-5-13/h10-15H,1-9H2. The second-order valence-electron chi connectivity index (χ2n) is 8.30. The molecule has 1 aromatic heterocycles. The van der Waals surface area contributed by atoms with Crippen molar-refractivity contribution in [1.82, 2.24) is 0 Å². The van der Waals surface area contributed by atoms with E-state index in [-0.39, 0.29) is 11.5 Å². The molecule has 0 atom stereocenters. The van der Waals surface area contributed by atoms with E-state index in [1.807, 2.05) is 0 Å². The van der Waals surface area contributed by atoms with Crippen LogP contribution in [0, 0.1) is 23.5 Å². The molecular formula is C22H24B2F2S. The summed E-state index contributed by atoms with van der Waals surface area (Å²) >= 11 is 1.13. The van der Waals surface area contributed by atoms with Gasteiger partial charge in [-0.05, 0) is 61.1 Å². The van der Waals surface area contributed by atoms with Crippen molar-refractivity contribution < 1.29 is 8.78 Å². The van der Waals surface area contributed by atoms with Gasteiger partial charge in [-0.2, -0.15) is 11.3 Å². The van der Waals surface area contributed by atoms with Gasteiger partial charge in [0.2, 0.25) is 0 Å². The smallest absolute Gasteiger partial charge is 0.135 e. The lowest BCUT2D eigenvalue weighted by Gasteiger charge is -2.36. The second kappa shape index (κ2) is 8.11. The molecule has 2 fully saturated rings. The van der Waals surface area contributed by atoms with E-state index in [1.54, 1.807) is 6.07 Å². The number of hydrogen-bond acceptors (Lipinski definition) is 1. The molecule has 0 bridgehead atoms. The molecule has 27 heavy (non-hydrogen) atoms.